The number of aryl methyl sites for hydroxylation is 1. The van der Waals surface area contributed by atoms with Crippen LogP contribution < -0.4 is 0 Å². The Morgan fingerprint density at radius 2 is 2.35 bits per heavy atom. The lowest BCUT2D eigenvalue weighted by molar-refractivity contribution is -0.139. The van der Waals surface area contributed by atoms with Gasteiger partial charge in [0.25, 0.3) is 0 Å². The zero-order valence-corrected chi connectivity index (χ0v) is 11.7. The molecule has 0 saturated carbocycles. The van der Waals surface area contributed by atoms with Crippen LogP contribution in [0.5, 0.6) is 0 Å². The maximum Gasteiger partial charge on any atom is 0.312 e. The molecule has 0 fully saturated rings. The summed E-state index contributed by atoms with van der Waals surface area (Å²) >= 11 is 5.97. The molecule has 1 aliphatic rings. The molecule has 1 unspecified atom stereocenters. The fourth-order valence-corrected chi connectivity index (χ4v) is 2.95. The van der Waals surface area contributed by atoms with Gasteiger partial charge >= 0.3 is 5.97 Å². The average molecular weight is 291 g/mol. The molecule has 1 atom stereocenters. The van der Waals surface area contributed by atoms with Crippen LogP contribution in [0.1, 0.15) is 41.5 Å². The third-order valence-electron chi connectivity index (χ3n) is 3.67. The number of aromatic nitrogens is 2. The number of nitrogens with zero attached hydrogens (tertiary/aromatic N) is 1. The van der Waals surface area contributed by atoms with E-state index in [-0.39, 0.29) is 0 Å². The second kappa shape index (κ2) is 5.29. The van der Waals surface area contributed by atoms with E-state index in [9.17, 15) is 9.90 Å². The molecule has 0 spiro atoms. The Morgan fingerprint density at radius 1 is 1.50 bits per heavy atom. The van der Waals surface area contributed by atoms with Crippen LogP contribution in [-0.4, -0.2) is 21.0 Å². The van der Waals surface area contributed by atoms with Crippen molar-refractivity contribution in [1.29, 1.82) is 0 Å². The van der Waals surface area contributed by atoms with Gasteiger partial charge in [0.05, 0.1) is 5.69 Å². The molecule has 0 aliphatic heterocycles. The molecule has 0 saturated heterocycles. The molecule has 0 bridgehead atoms. The Bertz CT molecular complexity index is 651. The molecule has 104 valence electrons. The molecule has 1 heterocycles. The average Bonchev–Trinajstić information content (AvgIpc) is 2.80. The summed E-state index contributed by atoms with van der Waals surface area (Å²) in [5.74, 6) is -0.444. The van der Waals surface area contributed by atoms with Gasteiger partial charge in [-0.3, -0.25) is 4.79 Å². The van der Waals surface area contributed by atoms with Crippen molar-refractivity contribution in [1.82, 2.24) is 9.97 Å². The van der Waals surface area contributed by atoms with Gasteiger partial charge in [-0.25, -0.2) is 4.98 Å². The van der Waals surface area contributed by atoms with Crippen LogP contribution in [0.25, 0.3) is 0 Å². The van der Waals surface area contributed by atoms with Crippen LogP contribution >= 0.6 is 11.6 Å². The van der Waals surface area contributed by atoms with Crippen LogP contribution in [0.4, 0.5) is 0 Å². The van der Waals surface area contributed by atoms with E-state index >= 15 is 0 Å². The second-order valence-corrected chi connectivity index (χ2v) is 5.57. The number of aromatic amines is 1. The number of rotatable bonds is 3. The number of hydrogen-bond donors (Lipinski definition) is 2. The van der Waals surface area contributed by atoms with Crippen LogP contribution in [0.3, 0.4) is 0 Å². The van der Waals surface area contributed by atoms with Gasteiger partial charge in [-0.2, -0.15) is 0 Å². The van der Waals surface area contributed by atoms with Crippen LogP contribution in [-0.2, 0) is 17.6 Å². The van der Waals surface area contributed by atoms with E-state index in [4.69, 9.17) is 11.6 Å². The molecule has 0 radical (unpaired) electrons. The predicted molar refractivity (Wildman–Crippen MR) is 76.2 cm³/mol. The topological polar surface area (TPSA) is 66.0 Å². The van der Waals surface area contributed by atoms with E-state index in [1.807, 2.05) is 24.3 Å². The lowest BCUT2D eigenvalue weighted by atomic mass is 9.90. The minimum absolute atomic E-state index is 0.469. The molecule has 5 heteroatoms. The third kappa shape index (κ3) is 2.56. The van der Waals surface area contributed by atoms with Gasteiger partial charge in [0, 0.05) is 17.1 Å². The van der Waals surface area contributed by atoms with Gasteiger partial charge in [-0.05, 0) is 37.0 Å². The number of aliphatic carboxylic acids is 1. The number of nitrogens with one attached hydrogen (secondary N) is 1. The monoisotopic (exact) mass is 290 g/mol. The summed E-state index contributed by atoms with van der Waals surface area (Å²) in [4.78, 5) is 19.0. The van der Waals surface area contributed by atoms with Crippen molar-refractivity contribution >= 4 is 17.6 Å². The maximum absolute atomic E-state index is 11.3. The Morgan fingerprint density at radius 3 is 3.10 bits per heavy atom. The standard InChI is InChI=1S/C15H15ClN2O2/c16-10-4-1-3-9(7-10)8-13-17-12-6-2-5-11(15(19)20)14(12)18-13/h1,3-4,7,11H,2,5-6,8H2,(H,17,18)(H,19,20). The lowest BCUT2D eigenvalue weighted by Crippen LogP contribution is -2.17. The van der Waals surface area contributed by atoms with E-state index in [1.165, 1.54) is 0 Å². The number of imidazole rings is 1. The molecule has 3 rings (SSSR count). The number of carbonyl (C=O) groups is 1. The molecule has 20 heavy (non-hydrogen) atoms. The van der Waals surface area contributed by atoms with E-state index in [2.05, 4.69) is 9.97 Å². The van der Waals surface area contributed by atoms with E-state index in [0.717, 1.165) is 29.9 Å². The first-order valence-electron chi connectivity index (χ1n) is 6.68. The summed E-state index contributed by atoms with van der Waals surface area (Å²) in [6.45, 7) is 0. The molecule has 2 N–H and O–H groups in total. The fourth-order valence-electron chi connectivity index (χ4n) is 2.74. The Kier molecular flexibility index (Phi) is 3.49. The van der Waals surface area contributed by atoms with Crippen molar-refractivity contribution in [2.24, 2.45) is 0 Å². The summed E-state index contributed by atoms with van der Waals surface area (Å²) in [6, 6.07) is 7.62. The number of benzene rings is 1. The molecule has 1 aromatic heterocycles. The number of fused-ring (bicyclic) bond motifs is 1. The highest BCUT2D eigenvalue weighted by Gasteiger charge is 2.29. The molecule has 0 amide bonds. The van der Waals surface area contributed by atoms with Crippen molar-refractivity contribution in [3.63, 3.8) is 0 Å². The van der Waals surface area contributed by atoms with Gasteiger partial charge in [-0.1, -0.05) is 23.7 Å². The lowest BCUT2D eigenvalue weighted by Gasteiger charge is -2.16. The molecular weight excluding hydrogens is 276 g/mol. The number of halogens is 1. The Balaban J connectivity index is 1.87. The first kappa shape index (κ1) is 13.2. The Labute approximate surface area is 121 Å². The summed E-state index contributed by atoms with van der Waals surface area (Å²) in [5.41, 5.74) is 2.75. The minimum Gasteiger partial charge on any atom is -0.481 e. The van der Waals surface area contributed by atoms with Crippen molar-refractivity contribution < 1.29 is 9.90 Å². The normalized spacial score (nSPS) is 17.8. The number of hydrogen-bond acceptors (Lipinski definition) is 2. The minimum atomic E-state index is -0.785. The van der Waals surface area contributed by atoms with E-state index in [1.54, 1.807) is 0 Å². The van der Waals surface area contributed by atoms with Crippen molar-refractivity contribution in [3.05, 3.63) is 52.1 Å². The van der Waals surface area contributed by atoms with Gasteiger partial charge in [0.2, 0.25) is 0 Å². The molecule has 4 nitrogen and oxygen atoms in total. The van der Waals surface area contributed by atoms with Crippen molar-refractivity contribution in [3.8, 4) is 0 Å². The van der Waals surface area contributed by atoms with Crippen LogP contribution in [0.15, 0.2) is 24.3 Å². The van der Waals surface area contributed by atoms with Crippen LogP contribution in [0, 0.1) is 0 Å². The highest BCUT2D eigenvalue weighted by Crippen LogP contribution is 2.30. The first-order chi connectivity index (χ1) is 9.63. The van der Waals surface area contributed by atoms with Gasteiger partial charge < -0.3 is 10.1 Å². The van der Waals surface area contributed by atoms with E-state index < -0.39 is 11.9 Å². The zero-order chi connectivity index (χ0) is 14.1. The van der Waals surface area contributed by atoms with Crippen LogP contribution in [0.2, 0.25) is 5.02 Å². The fraction of sp³-hybridized carbons (Fsp3) is 0.333. The first-order valence-corrected chi connectivity index (χ1v) is 7.06. The quantitative estimate of drug-likeness (QED) is 0.912. The Hall–Kier alpha value is -1.81. The number of carboxylic acid groups (broad SMARTS) is 1. The molecule has 1 aromatic carbocycles. The summed E-state index contributed by atoms with van der Waals surface area (Å²) in [5, 5.41) is 9.95. The van der Waals surface area contributed by atoms with Gasteiger partial charge in [-0.15, -0.1) is 0 Å². The molecule has 1 aliphatic carbocycles. The van der Waals surface area contributed by atoms with E-state index in [0.29, 0.717) is 23.6 Å². The second-order valence-electron chi connectivity index (χ2n) is 5.14. The zero-order valence-electron chi connectivity index (χ0n) is 10.9. The number of carboxylic acids is 1. The smallest absolute Gasteiger partial charge is 0.312 e. The molecular formula is C15H15ClN2O2. The maximum atomic E-state index is 11.3. The van der Waals surface area contributed by atoms with Gasteiger partial charge in [0.1, 0.15) is 11.7 Å². The summed E-state index contributed by atoms with van der Waals surface area (Å²) < 4.78 is 0. The number of H-pyrrole nitrogens is 1. The summed E-state index contributed by atoms with van der Waals surface area (Å²) in [7, 11) is 0. The van der Waals surface area contributed by atoms with Gasteiger partial charge in [0.15, 0.2) is 0 Å². The van der Waals surface area contributed by atoms with Crippen molar-refractivity contribution in [2.75, 3.05) is 0 Å². The SMILES string of the molecule is O=C(O)C1CCCc2[nH]c(Cc3cccc(Cl)c3)nc21. The highest BCUT2D eigenvalue weighted by molar-refractivity contribution is 6.30. The largest absolute Gasteiger partial charge is 0.481 e. The third-order valence-corrected chi connectivity index (χ3v) is 3.90. The highest BCUT2D eigenvalue weighted by atomic mass is 35.5. The van der Waals surface area contributed by atoms with Crippen molar-refractivity contribution in [2.45, 2.75) is 31.6 Å². The molecule has 2 aromatic rings. The summed E-state index contributed by atoms with van der Waals surface area (Å²) in [6.07, 6.45) is 3.08. The predicted octanol–water partition coefficient (Wildman–Crippen LogP) is 3.16.